The van der Waals surface area contributed by atoms with E-state index in [0.717, 1.165) is 11.8 Å². The summed E-state index contributed by atoms with van der Waals surface area (Å²) in [6.07, 6.45) is -2.79. The van der Waals surface area contributed by atoms with Crippen LogP contribution in [0.15, 0.2) is 36.5 Å². The van der Waals surface area contributed by atoms with Crippen LogP contribution in [0.3, 0.4) is 0 Å². The monoisotopic (exact) mass is 455 g/mol. The second-order valence-electron chi connectivity index (χ2n) is 7.22. The van der Waals surface area contributed by atoms with Gasteiger partial charge in [0.2, 0.25) is 5.88 Å². The first-order valence-electron chi connectivity index (χ1n) is 9.64. The van der Waals surface area contributed by atoms with E-state index in [1.165, 1.54) is 6.07 Å². The highest BCUT2D eigenvalue weighted by Gasteiger charge is 2.29. The van der Waals surface area contributed by atoms with Crippen molar-refractivity contribution in [2.24, 2.45) is 0 Å². The summed E-state index contributed by atoms with van der Waals surface area (Å²) in [5.41, 5.74) is 1.73. The number of aryl methyl sites for hydroxylation is 1. The highest BCUT2D eigenvalue weighted by molar-refractivity contribution is 6.32. The largest absolute Gasteiger partial charge is 0.467 e. The van der Waals surface area contributed by atoms with Crippen molar-refractivity contribution in [3.8, 4) is 5.88 Å². The van der Waals surface area contributed by atoms with Crippen LogP contribution in [0.1, 0.15) is 32.7 Å². The summed E-state index contributed by atoms with van der Waals surface area (Å²) in [5, 5.41) is -0.179. The first-order valence-corrected chi connectivity index (χ1v) is 10.0. The zero-order valence-electron chi connectivity index (χ0n) is 16.8. The second-order valence-corrected chi connectivity index (χ2v) is 7.63. The molecular weight excluding hydrogens is 435 g/mol. The minimum absolute atomic E-state index is 0.0890. The predicted octanol–water partition coefficient (Wildman–Crippen LogP) is 3.97. The van der Waals surface area contributed by atoms with Gasteiger partial charge in [-0.05, 0) is 31.5 Å². The van der Waals surface area contributed by atoms with Gasteiger partial charge in [-0.15, -0.1) is 0 Å². The van der Waals surface area contributed by atoms with Gasteiger partial charge in [0.05, 0.1) is 5.56 Å². The fourth-order valence-corrected chi connectivity index (χ4v) is 3.49. The van der Waals surface area contributed by atoms with Gasteiger partial charge < -0.3 is 14.5 Å². The Morgan fingerprint density at radius 3 is 2.29 bits per heavy atom. The van der Waals surface area contributed by atoms with Crippen molar-refractivity contribution in [3.05, 3.63) is 58.2 Å². The lowest BCUT2D eigenvalue weighted by atomic mass is 10.1. The first-order chi connectivity index (χ1) is 14.6. The fraction of sp³-hybridized carbons (Fsp3) is 0.381. The maximum absolute atomic E-state index is 12.8. The number of hydrogen-bond donors (Lipinski definition) is 0. The number of hydrogen-bond acceptors (Lipinski definition) is 4. The molecule has 1 aromatic heterocycles. The van der Waals surface area contributed by atoms with Gasteiger partial charge in [-0.1, -0.05) is 29.3 Å². The molecule has 0 radical (unpaired) electrons. The van der Waals surface area contributed by atoms with E-state index in [1.807, 2.05) is 25.1 Å². The van der Waals surface area contributed by atoms with Crippen LogP contribution >= 0.6 is 11.6 Å². The fourth-order valence-electron chi connectivity index (χ4n) is 3.27. The lowest BCUT2D eigenvalue weighted by Gasteiger charge is -2.22. The van der Waals surface area contributed by atoms with Gasteiger partial charge in [-0.2, -0.15) is 13.2 Å². The summed E-state index contributed by atoms with van der Waals surface area (Å²) in [6, 6.07) is 8.57. The molecule has 1 fully saturated rings. The molecular formula is C21H21ClF3N3O3. The molecule has 1 aliphatic rings. The number of amides is 2. The zero-order valence-corrected chi connectivity index (χ0v) is 17.5. The van der Waals surface area contributed by atoms with Gasteiger partial charge in [0, 0.05) is 37.9 Å². The summed E-state index contributed by atoms with van der Waals surface area (Å²) in [4.78, 5) is 32.6. The van der Waals surface area contributed by atoms with Crippen molar-refractivity contribution in [1.29, 1.82) is 0 Å². The Morgan fingerprint density at radius 1 is 1.06 bits per heavy atom. The molecule has 1 saturated heterocycles. The van der Waals surface area contributed by atoms with Crippen LogP contribution in [0.4, 0.5) is 13.2 Å². The number of nitrogens with zero attached hydrogens (tertiary/aromatic N) is 3. The van der Waals surface area contributed by atoms with E-state index in [1.54, 1.807) is 15.9 Å². The third-order valence-electron chi connectivity index (χ3n) is 4.76. The lowest BCUT2D eigenvalue weighted by molar-refractivity contribution is -0.154. The molecule has 10 heteroatoms. The molecule has 1 aliphatic heterocycles. The summed E-state index contributed by atoms with van der Waals surface area (Å²) >= 11 is 5.94. The SMILES string of the molecule is Cc1cccc(C(=O)N2CCCN(C(=O)c3cnc(OCC(F)(F)F)c(Cl)c3)CC2)c1. The zero-order chi connectivity index (χ0) is 22.6. The van der Waals surface area contributed by atoms with Crippen molar-refractivity contribution in [2.45, 2.75) is 19.5 Å². The molecule has 3 rings (SSSR count). The standard InChI is InChI=1S/C21H21ClF3N3O3/c1-14-4-2-5-15(10-14)19(29)27-6-3-7-28(9-8-27)20(30)16-11-17(22)18(26-12-16)31-13-21(23,24)25/h2,4-5,10-12H,3,6-9,13H2,1H3. The maximum Gasteiger partial charge on any atom is 0.422 e. The quantitative estimate of drug-likeness (QED) is 0.699. The average molecular weight is 456 g/mol. The Labute approximate surface area is 182 Å². The summed E-state index contributed by atoms with van der Waals surface area (Å²) < 4.78 is 41.4. The van der Waals surface area contributed by atoms with Gasteiger partial charge in [0.25, 0.3) is 11.8 Å². The molecule has 0 spiro atoms. The normalized spacial score (nSPS) is 14.9. The van der Waals surface area contributed by atoms with Crippen molar-refractivity contribution >= 4 is 23.4 Å². The van der Waals surface area contributed by atoms with Crippen LogP contribution in [0, 0.1) is 6.92 Å². The topological polar surface area (TPSA) is 62.7 Å². The van der Waals surface area contributed by atoms with Gasteiger partial charge in [-0.3, -0.25) is 9.59 Å². The lowest BCUT2D eigenvalue weighted by Crippen LogP contribution is -2.37. The Balaban J connectivity index is 1.64. The molecule has 2 aromatic rings. The van der Waals surface area contributed by atoms with E-state index >= 15 is 0 Å². The van der Waals surface area contributed by atoms with Gasteiger partial charge in [-0.25, -0.2) is 4.98 Å². The Kier molecular flexibility index (Phi) is 7.04. The summed E-state index contributed by atoms with van der Waals surface area (Å²) in [7, 11) is 0. The molecule has 1 aromatic carbocycles. The Bertz CT molecular complexity index is 968. The van der Waals surface area contributed by atoms with Crippen LogP contribution in [0.2, 0.25) is 5.02 Å². The predicted molar refractivity (Wildman–Crippen MR) is 108 cm³/mol. The number of alkyl halides is 3. The van der Waals surface area contributed by atoms with Crippen molar-refractivity contribution in [3.63, 3.8) is 0 Å². The summed E-state index contributed by atoms with van der Waals surface area (Å²) in [6.45, 7) is 2.02. The van der Waals surface area contributed by atoms with E-state index in [2.05, 4.69) is 9.72 Å². The number of carbonyl (C=O) groups is 2. The molecule has 0 bridgehead atoms. The molecule has 0 unspecified atom stereocenters. The van der Waals surface area contributed by atoms with Crippen molar-refractivity contribution in [2.75, 3.05) is 32.8 Å². The Hall–Kier alpha value is -2.81. The van der Waals surface area contributed by atoms with Crippen LogP contribution in [0.5, 0.6) is 5.88 Å². The van der Waals surface area contributed by atoms with Gasteiger partial charge >= 0.3 is 6.18 Å². The molecule has 6 nitrogen and oxygen atoms in total. The highest BCUT2D eigenvalue weighted by Crippen LogP contribution is 2.25. The summed E-state index contributed by atoms with van der Waals surface area (Å²) in [5.74, 6) is -0.836. The molecule has 31 heavy (non-hydrogen) atoms. The van der Waals surface area contributed by atoms with E-state index < -0.39 is 12.8 Å². The van der Waals surface area contributed by atoms with Crippen LogP contribution < -0.4 is 4.74 Å². The highest BCUT2D eigenvalue weighted by atomic mass is 35.5. The number of rotatable bonds is 4. The average Bonchev–Trinajstić information content (AvgIpc) is 2.97. The number of benzene rings is 1. The van der Waals surface area contributed by atoms with Crippen molar-refractivity contribution in [1.82, 2.24) is 14.8 Å². The van der Waals surface area contributed by atoms with Crippen LogP contribution in [-0.4, -0.2) is 65.6 Å². The number of carbonyl (C=O) groups excluding carboxylic acids is 2. The molecule has 2 heterocycles. The minimum atomic E-state index is -4.52. The molecule has 0 N–H and O–H groups in total. The minimum Gasteiger partial charge on any atom is -0.467 e. The third kappa shape index (κ3) is 6.10. The second kappa shape index (κ2) is 9.55. The molecule has 2 amide bonds. The number of aromatic nitrogens is 1. The smallest absolute Gasteiger partial charge is 0.422 e. The first kappa shape index (κ1) is 22.9. The van der Waals surface area contributed by atoms with E-state index in [9.17, 15) is 22.8 Å². The van der Waals surface area contributed by atoms with Crippen molar-refractivity contribution < 1.29 is 27.5 Å². The molecule has 166 valence electrons. The van der Waals surface area contributed by atoms with E-state index in [-0.39, 0.29) is 28.3 Å². The van der Waals surface area contributed by atoms with Gasteiger partial charge in [0.1, 0.15) is 5.02 Å². The number of ether oxygens (including phenoxy) is 1. The third-order valence-corrected chi connectivity index (χ3v) is 5.03. The van der Waals surface area contributed by atoms with E-state index in [4.69, 9.17) is 11.6 Å². The molecule has 0 atom stereocenters. The van der Waals surface area contributed by atoms with Crippen LogP contribution in [-0.2, 0) is 0 Å². The molecule has 0 aliphatic carbocycles. The van der Waals surface area contributed by atoms with Crippen LogP contribution in [0.25, 0.3) is 0 Å². The molecule has 0 saturated carbocycles. The number of pyridine rings is 1. The Morgan fingerprint density at radius 2 is 1.71 bits per heavy atom. The number of halogens is 4. The van der Waals surface area contributed by atoms with Gasteiger partial charge in [0.15, 0.2) is 6.61 Å². The van der Waals surface area contributed by atoms with E-state index in [0.29, 0.717) is 38.2 Å². The maximum atomic E-state index is 12.8.